The molecular weight excluding hydrogens is 150 g/mol. The third kappa shape index (κ3) is 0.987. The van der Waals surface area contributed by atoms with Crippen molar-refractivity contribution in [2.24, 2.45) is 5.73 Å². The van der Waals surface area contributed by atoms with Gasteiger partial charge in [0.1, 0.15) is 5.65 Å². The maximum Gasteiger partial charge on any atom is 0.137 e. The molecule has 0 saturated heterocycles. The summed E-state index contributed by atoms with van der Waals surface area (Å²) in [5.74, 6) is 0. The Bertz CT molecular complexity index is 403. The van der Waals surface area contributed by atoms with Crippen LogP contribution < -0.4 is 5.73 Å². The van der Waals surface area contributed by atoms with Crippen molar-refractivity contribution in [3.05, 3.63) is 29.6 Å². The number of nitrogens with zero attached hydrogens (tertiary/aromatic N) is 1. The molecule has 12 heavy (non-hydrogen) atoms. The summed E-state index contributed by atoms with van der Waals surface area (Å²) in [4.78, 5) is 7.43. The van der Waals surface area contributed by atoms with Crippen LogP contribution in [0.5, 0.6) is 0 Å². The Morgan fingerprint density at radius 3 is 3.08 bits per heavy atom. The number of aromatic nitrogens is 2. The predicted molar refractivity (Wildman–Crippen MR) is 48.7 cm³/mol. The third-order valence-electron chi connectivity index (χ3n) is 2.01. The number of hydrogen-bond donors (Lipinski definition) is 2. The number of nitrogens with one attached hydrogen (secondary N) is 1. The molecule has 62 valence electrons. The highest BCUT2D eigenvalue weighted by Gasteiger charge is 2.00. The second-order valence-corrected chi connectivity index (χ2v) is 2.87. The first-order valence-electron chi connectivity index (χ1n) is 3.95. The van der Waals surface area contributed by atoms with Gasteiger partial charge < -0.3 is 10.7 Å². The average Bonchev–Trinajstić information content (AvgIpc) is 2.47. The molecule has 0 radical (unpaired) electrons. The van der Waals surface area contributed by atoms with Crippen LogP contribution >= 0.6 is 0 Å². The van der Waals surface area contributed by atoms with Crippen molar-refractivity contribution in [3.8, 4) is 0 Å². The quantitative estimate of drug-likeness (QED) is 0.663. The molecular formula is C9H11N3. The maximum absolute atomic E-state index is 5.47. The minimum absolute atomic E-state index is 0.494. The van der Waals surface area contributed by atoms with Gasteiger partial charge in [0.25, 0.3) is 0 Å². The molecule has 0 bridgehead atoms. The van der Waals surface area contributed by atoms with Crippen LogP contribution in [-0.2, 0) is 6.54 Å². The summed E-state index contributed by atoms with van der Waals surface area (Å²) in [6, 6.07) is 4.01. The van der Waals surface area contributed by atoms with Crippen molar-refractivity contribution in [1.82, 2.24) is 9.97 Å². The molecule has 0 aliphatic carbocycles. The van der Waals surface area contributed by atoms with Crippen LogP contribution in [0.2, 0.25) is 0 Å². The molecule has 0 aliphatic rings. The van der Waals surface area contributed by atoms with E-state index < -0.39 is 0 Å². The molecule has 0 aromatic carbocycles. The molecule has 0 saturated carbocycles. The van der Waals surface area contributed by atoms with Gasteiger partial charge in [-0.2, -0.15) is 0 Å². The normalized spacial score (nSPS) is 10.8. The van der Waals surface area contributed by atoms with Gasteiger partial charge in [-0.1, -0.05) is 0 Å². The zero-order chi connectivity index (χ0) is 8.55. The molecule has 0 aliphatic heterocycles. The first-order chi connectivity index (χ1) is 5.81. The van der Waals surface area contributed by atoms with Gasteiger partial charge in [-0.25, -0.2) is 4.98 Å². The molecule has 3 heteroatoms. The van der Waals surface area contributed by atoms with E-state index in [0.717, 1.165) is 11.3 Å². The average molecular weight is 161 g/mol. The molecule has 0 spiro atoms. The van der Waals surface area contributed by atoms with Crippen molar-refractivity contribution in [3.63, 3.8) is 0 Å². The minimum Gasteiger partial charge on any atom is -0.346 e. The van der Waals surface area contributed by atoms with Gasteiger partial charge in [0.2, 0.25) is 0 Å². The van der Waals surface area contributed by atoms with Crippen molar-refractivity contribution in [1.29, 1.82) is 0 Å². The highest BCUT2D eigenvalue weighted by molar-refractivity contribution is 5.79. The molecule has 3 nitrogen and oxygen atoms in total. The zero-order valence-electron chi connectivity index (χ0n) is 6.96. The highest BCUT2D eigenvalue weighted by Crippen LogP contribution is 2.15. The predicted octanol–water partition coefficient (Wildman–Crippen LogP) is 1.33. The molecule has 2 aromatic heterocycles. The van der Waals surface area contributed by atoms with E-state index in [-0.39, 0.29) is 0 Å². The van der Waals surface area contributed by atoms with E-state index in [1.54, 1.807) is 0 Å². The SMILES string of the molecule is Cc1c[nH]c2nc(CN)ccc12. The van der Waals surface area contributed by atoms with Gasteiger partial charge in [-0.15, -0.1) is 0 Å². The zero-order valence-corrected chi connectivity index (χ0v) is 6.96. The molecule has 0 amide bonds. The van der Waals surface area contributed by atoms with Crippen LogP contribution in [0.1, 0.15) is 11.3 Å². The first-order valence-corrected chi connectivity index (χ1v) is 3.95. The van der Waals surface area contributed by atoms with Crippen LogP contribution in [-0.4, -0.2) is 9.97 Å². The molecule has 2 rings (SSSR count). The number of pyridine rings is 1. The molecule has 0 unspecified atom stereocenters. The van der Waals surface area contributed by atoms with Crippen molar-refractivity contribution in [2.45, 2.75) is 13.5 Å². The van der Waals surface area contributed by atoms with Gasteiger partial charge in [0.05, 0.1) is 5.69 Å². The Kier molecular flexibility index (Phi) is 1.59. The van der Waals surface area contributed by atoms with E-state index in [4.69, 9.17) is 5.73 Å². The van der Waals surface area contributed by atoms with Crippen LogP contribution in [0.4, 0.5) is 0 Å². The van der Waals surface area contributed by atoms with Crippen LogP contribution in [0, 0.1) is 6.92 Å². The minimum atomic E-state index is 0.494. The van der Waals surface area contributed by atoms with E-state index in [9.17, 15) is 0 Å². The largest absolute Gasteiger partial charge is 0.346 e. The summed E-state index contributed by atoms with van der Waals surface area (Å²) >= 11 is 0. The van der Waals surface area contributed by atoms with Gasteiger partial charge in [0, 0.05) is 18.1 Å². The van der Waals surface area contributed by atoms with Crippen LogP contribution in [0.25, 0.3) is 11.0 Å². The molecule has 0 atom stereocenters. The highest BCUT2D eigenvalue weighted by atomic mass is 14.9. The van der Waals surface area contributed by atoms with Crippen molar-refractivity contribution < 1.29 is 0 Å². The summed E-state index contributed by atoms with van der Waals surface area (Å²) in [5.41, 5.74) is 8.54. The Morgan fingerprint density at radius 2 is 2.33 bits per heavy atom. The Balaban J connectivity index is 2.69. The lowest BCUT2D eigenvalue weighted by atomic mass is 10.2. The number of aryl methyl sites for hydroxylation is 1. The lowest BCUT2D eigenvalue weighted by Gasteiger charge is -1.95. The smallest absolute Gasteiger partial charge is 0.137 e. The number of aromatic amines is 1. The van der Waals surface area contributed by atoms with Gasteiger partial charge in [-0.05, 0) is 24.6 Å². The Morgan fingerprint density at radius 1 is 1.50 bits per heavy atom. The van der Waals surface area contributed by atoms with E-state index in [2.05, 4.69) is 23.0 Å². The van der Waals surface area contributed by atoms with Gasteiger partial charge in [-0.3, -0.25) is 0 Å². The fourth-order valence-electron chi connectivity index (χ4n) is 1.30. The lowest BCUT2D eigenvalue weighted by Crippen LogP contribution is -1.98. The number of fused-ring (bicyclic) bond motifs is 1. The summed E-state index contributed by atoms with van der Waals surface area (Å²) in [5, 5.41) is 1.17. The maximum atomic E-state index is 5.47. The lowest BCUT2D eigenvalue weighted by molar-refractivity contribution is 1.00. The molecule has 3 N–H and O–H groups in total. The second-order valence-electron chi connectivity index (χ2n) is 2.87. The number of hydrogen-bond acceptors (Lipinski definition) is 2. The Labute approximate surface area is 70.6 Å². The second kappa shape index (κ2) is 2.60. The van der Waals surface area contributed by atoms with E-state index in [0.29, 0.717) is 6.54 Å². The molecule has 2 heterocycles. The van der Waals surface area contributed by atoms with Crippen LogP contribution in [0.15, 0.2) is 18.3 Å². The van der Waals surface area contributed by atoms with Gasteiger partial charge in [0.15, 0.2) is 0 Å². The standard InChI is InChI=1S/C9H11N3/c1-6-5-11-9-8(6)3-2-7(4-10)12-9/h2-3,5H,4,10H2,1H3,(H,11,12). The van der Waals surface area contributed by atoms with Gasteiger partial charge >= 0.3 is 0 Å². The number of rotatable bonds is 1. The summed E-state index contributed by atoms with van der Waals surface area (Å²) in [6.07, 6.45) is 1.96. The van der Waals surface area contributed by atoms with Crippen molar-refractivity contribution in [2.75, 3.05) is 0 Å². The fraction of sp³-hybridized carbons (Fsp3) is 0.222. The topological polar surface area (TPSA) is 54.7 Å². The van der Waals surface area contributed by atoms with E-state index in [1.165, 1.54) is 10.9 Å². The Hall–Kier alpha value is -1.35. The third-order valence-corrected chi connectivity index (χ3v) is 2.01. The van der Waals surface area contributed by atoms with E-state index in [1.807, 2.05) is 12.3 Å². The van der Waals surface area contributed by atoms with Crippen LogP contribution in [0.3, 0.4) is 0 Å². The molecule has 0 fully saturated rings. The van der Waals surface area contributed by atoms with Crippen molar-refractivity contribution >= 4 is 11.0 Å². The fourth-order valence-corrected chi connectivity index (χ4v) is 1.30. The summed E-state index contributed by atoms with van der Waals surface area (Å²) in [7, 11) is 0. The summed E-state index contributed by atoms with van der Waals surface area (Å²) < 4.78 is 0. The number of H-pyrrole nitrogens is 1. The first kappa shape index (κ1) is 7.31. The number of nitrogens with two attached hydrogens (primary N) is 1. The van der Waals surface area contributed by atoms with E-state index >= 15 is 0 Å². The monoisotopic (exact) mass is 161 g/mol. The summed E-state index contributed by atoms with van der Waals surface area (Å²) in [6.45, 7) is 2.55. The molecule has 2 aromatic rings.